The molecule has 7 heteroatoms. The van der Waals surface area contributed by atoms with E-state index < -0.39 is 17.4 Å². The van der Waals surface area contributed by atoms with Gasteiger partial charge in [0.2, 0.25) is 11.6 Å². The highest BCUT2D eigenvalue weighted by Crippen LogP contribution is 2.40. The lowest BCUT2D eigenvalue weighted by atomic mass is 9.71. The first-order valence-corrected chi connectivity index (χ1v) is 9.34. The third-order valence-electron chi connectivity index (χ3n) is 4.93. The molecule has 2 aromatic rings. The number of ether oxygens (including phenoxy) is 1. The van der Waals surface area contributed by atoms with Gasteiger partial charge in [-0.2, -0.15) is 0 Å². The molecule has 1 aliphatic rings. The molecule has 3 rings (SSSR count). The molecule has 1 fully saturated rings. The van der Waals surface area contributed by atoms with E-state index in [4.69, 9.17) is 4.74 Å². The average molecular weight is 389 g/mol. The number of rotatable bonds is 4. The lowest BCUT2D eigenvalue weighted by Crippen LogP contribution is -2.32. The van der Waals surface area contributed by atoms with Crippen LogP contribution in [0.1, 0.15) is 45.6 Å². The minimum atomic E-state index is -0.838. The highest BCUT2D eigenvalue weighted by molar-refractivity contribution is 6.00. The van der Waals surface area contributed by atoms with Crippen LogP contribution >= 0.6 is 0 Å². The number of benzene rings is 1. The number of pyridine rings is 1. The number of halogens is 2. The molecule has 0 amide bonds. The summed E-state index contributed by atoms with van der Waals surface area (Å²) in [6.45, 7) is 6.60. The van der Waals surface area contributed by atoms with E-state index in [1.165, 1.54) is 12.3 Å². The second-order valence-corrected chi connectivity index (χ2v) is 8.17. The van der Waals surface area contributed by atoms with Gasteiger partial charge >= 0.3 is 0 Å². The number of amidine groups is 1. The summed E-state index contributed by atoms with van der Waals surface area (Å²) in [4.78, 5) is 8.74. The smallest absolute Gasteiger partial charge is 0.230 e. The van der Waals surface area contributed by atoms with Gasteiger partial charge in [-0.3, -0.25) is 15.7 Å². The molecule has 0 aliphatic heterocycles. The molecule has 1 aromatic heterocycles. The van der Waals surface area contributed by atoms with Gasteiger partial charge < -0.3 is 4.74 Å². The standard InChI is InChI=1S/C21H25F2N3O2/c1-13-10-14(12-21(2,3)11-13)25-19(26-27)15-6-5-9-24-20(15)28-18-16(22)7-4-8-17(18)23/h4-9,13-14,27H,10-12H2,1-3H3,(H,25,26). The Morgan fingerprint density at radius 3 is 2.57 bits per heavy atom. The minimum absolute atomic E-state index is 0.00616. The molecule has 2 N–H and O–H groups in total. The summed E-state index contributed by atoms with van der Waals surface area (Å²) in [7, 11) is 0. The van der Waals surface area contributed by atoms with E-state index in [0.717, 1.165) is 31.4 Å². The van der Waals surface area contributed by atoms with Crippen LogP contribution in [0.15, 0.2) is 41.5 Å². The van der Waals surface area contributed by atoms with Gasteiger partial charge in [-0.1, -0.05) is 26.8 Å². The largest absolute Gasteiger partial charge is 0.432 e. The van der Waals surface area contributed by atoms with Crippen molar-refractivity contribution in [1.29, 1.82) is 0 Å². The molecule has 1 heterocycles. The zero-order valence-corrected chi connectivity index (χ0v) is 16.2. The lowest BCUT2D eigenvalue weighted by molar-refractivity contribution is 0.169. The molecule has 1 aliphatic carbocycles. The SMILES string of the molecule is CC1CC(N=C(NO)c2cccnc2Oc2c(F)cccc2F)CC(C)(C)C1. The Kier molecular flexibility index (Phi) is 5.93. The number of aliphatic imine (C=N–C) groups is 1. The summed E-state index contributed by atoms with van der Waals surface area (Å²) < 4.78 is 33.3. The maximum Gasteiger partial charge on any atom is 0.230 e. The number of nitrogens with one attached hydrogen (secondary N) is 1. The van der Waals surface area contributed by atoms with E-state index in [1.807, 2.05) is 0 Å². The van der Waals surface area contributed by atoms with Crippen LogP contribution in [0.25, 0.3) is 0 Å². The van der Waals surface area contributed by atoms with Crippen LogP contribution in [0.2, 0.25) is 0 Å². The van der Waals surface area contributed by atoms with Gasteiger partial charge in [0, 0.05) is 6.20 Å². The fourth-order valence-corrected chi connectivity index (χ4v) is 4.06. The van der Waals surface area contributed by atoms with Crippen molar-refractivity contribution in [2.45, 2.75) is 46.1 Å². The fourth-order valence-electron chi connectivity index (χ4n) is 4.06. The second kappa shape index (κ2) is 8.22. The van der Waals surface area contributed by atoms with Gasteiger partial charge in [0.05, 0.1) is 11.6 Å². The summed E-state index contributed by atoms with van der Waals surface area (Å²) >= 11 is 0. The molecule has 5 nitrogen and oxygen atoms in total. The number of hydroxylamine groups is 1. The summed E-state index contributed by atoms with van der Waals surface area (Å²) in [6.07, 6.45) is 4.33. The van der Waals surface area contributed by atoms with Crippen LogP contribution in [0, 0.1) is 23.0 Å². The Morgan fingerprint density at radius 1 is 1.21 bits per heavy atom. The normalized spacial score (nSPS) is 22.0. The molecule has 0 spiro atoms. The zero-order valence-electron chi connectivity index (χ0n) is 16.2. The van der Waals surface area contributed by atoms with Crippen molar-refractivity contribution in [3.63, 3.8) is 0 Å². The van der Waals surface area contributed by atoms with E-state index in [1.54, 1.807) is 12.1 Å². The van der Waals surface area contributed by atoms with Crippen LogP contribution in [0.3, 0.4) is 0 Å². The van der Waals surface area contributed by atoms with Gasteiger partial charge in [-0.05, 0) is 54.9 Å². The predicted molar refractivity (Wildman–Crippen MR) is 103 cm³/mol. The van der Waals surface area contributed by atoms with Gasteiger partial charge in [0.15, 0.2) is 17.5 Å². The molecule has 28 heavy (non-hydrogen) atoms. The lowest BCUT2D eigenvalue weighted by Gasteiger charge is -2.37. The second-order valence-electron chi connectivity index (χ2n) is 8.17. The number of hydrogen-bond donors (Lipinski definition) is 2. The zero-order chi connectivity index (χ0) is 20.3. The van der Waals surface area contributed by atoms with Crippen molar-refractivity contribution in [3.05, 3.63) is 53.7 Å². The number of para-hydroxylation sites is 1. The van der Waals surface area contributed by atoms with Crippen molar-refractivity contribution < 1.29 is 18.7 Å². The highest BCUT2D eigenvalue weighted by Gasteiger charge is 2.32. The molecular weight excluding hydrogens is 364 g/mol. The molecular formula is C21H25F2N3O2. The van der Waals surface area contributed by atoms with Gasteiger partial charge in [0.25, 0.3) is 0 Å². The summed E-state index contributed by atoms with van der Waals surface area (Å²) in [5.74, 6) is -1.60. The molecule has 0 saturated heterocycles. The first-order chi connectivity index (χ1) is 13.3. The Hall–Kier alpha value is -2.54. The first-order valence-electron chi connectivity index (χ1n) is 9.34. The van der Waals surface area contributed by atoms with Crippen LogP contribution < -0.4 is 10.2 Å². The number of nitrogens with zero attached hydrogens (tertiary/aromatic N) is 2. The number of hydrogen-bond acceptors (Lipinski definition) is 4. The third-order valence-corrected chi connectivity index (χ3v) is 4.93. The Labute approximate surface area is 163 Å². The van der Waals surface area contributed by atoms with Crippen LogP contribution in [0.5, 0.6) is 11.6 Å². The summed E-state index contributed by atoms with van der Waals surface area (Å²) in [5.41, 5.74) is 2.58. The third kappa shape index (κ3) is 4.65. The summed E-state index contributed by atoms with van der Waals surface area (Å²) in [5, 5.41) is 9.69. The van der Waals surface area contributed by atoms with Crippen molar-refractivity contribution >= 4 is 5.84 Å². The fraction of sp³-hybridized carbons (Fsp3) is 0.429. The molecule has 150 valence electrons. The Balaban J connectivity index is 1.94. The summed E-state index contributed by atoms with van der Waals surface area (Å²) in [6, 6.07) is 6.73. The topological polar surface area (TPSA) is 66.7 Å². The van der Waals surface area contributed by atoms with E-state index >= 15 is 0 Å². The monoisotopic (exact) mass is 389 g/mol. The molecule has 2 atom stereocenters. The highest BCUT2D eigenvalue weighted by atomic mass is 19.1. The van der Waals surface area contributed by atoms with E-state index in [0.29, 0.717) is 11.5 Å². The van der Waals surface area contributed by atoms with Crippen molar-refractivity contribution in [1.82, 2.24) is 10.5 Å². The maximum atomic E-state index is 14.0. The van der Waals surface area contributed by atoms with E-state index in [2.05, 4.69) is 36.2 Å². The van der Waals surface area contributed by atoms with Crippen molar-refractivity contribution in [2.75, 3.05) is 0 Å². The maximum absolute atomic E-state index is 14.0. The Morgan fingerprint density at radius 2 is 1.93 bits per heavy atom. The van der Waals surface area contributed by atoms with Gasteiger partial charge in [-0.25, -0.2) is 13.8 Å². The molecule has 0 bridgehead atoms. The van der Waals surface area contributed by atoms with E-state index in [9.17, 15) is 14.0 Å². The van der Waals surface area contributed by atoms with Gasteiger partial charge in [-0.15, -0.1) is 0 Å². The molecule has 2 unspecified atom stereocenters. The van der Waals surface area contributed by atoms with Crippen molar-refractivity contribution in [3.8, 4) is 11.6 Å². The van der Waals surface area contributed by atoms with Crippen LogP contribution in [0.4, 0.5) is 8.78 Å². The van der Waals surface area contributed by atoms with Crippen LogP contribution in [-0.4, -0.2) is 22.1 Å². The molecule has 1 aromatic carbocycles. The molecule has 0 radical (unpaired) electrons. The first kappa shape index (κ1) is 20.2. The Bertz CT molecular complexity index is 850. The van der Waals surface area contributed by atoms with E-state index in [-0.39, 0.29) is 23.2 Å². The van der Waals surface area contributed by atoms with Gasteiger partial charge in [0.1, 0.15) is 0 Å². The number of aromatic nitrogens is 1. The molecule has 1 saturated carbocycles. The average Bonchev–Trinajstić information content (AvgIpc) is 2.62. The van der Waals surface area contributed by atoms with Crippen LogP contribution in [-0.2, 0) is 0 Å². The minimum Gasteiger partial charge on any atom is -0.432 e. The predicted octanol–water partition coefficient (Wildman–Crippen LogP) is 5.09. The quantitative estimate of drug-likeness (QED) is 0.434. The van der Waals surface area contributed by atoms with Crippen molar-refractivity contribution in [2.24, 2.45) is 16.3 Å².